The molecule has 0 spiro atoms. The Bertz CT molecular complexity index is 676. The maximum Gasteiger partial charge on any atom is 0.413 e. The number of benzene rings is 1. The van der Waals surface area contributed by atoms with Crippen LogP contribution in [0.15, 0.2) is 18.2 Å². The van der Waals surface area contributed by atoms with Crippen LogP contribution in [0.4, 0.5) is 10.7 Å². The normalized spacial score (nSPS) is 10.7. The average molecular weight is 304 g/mol. The van der Waals surface area contributed by atoms with Crippen LogP contribution >= 0.6 is 0 Å². The summed E-state index contributed by atoms with van der Waals surface area (Å²) in [6.45, 7) is 4.08. The third-order valence-corrected chi connectivity index (χ3v) is 3.47. The number of nitrogens with zero attached hydrogens (tertiary/aromatic N) is 1. The van der Waals surface area contributed by atoms with Gasteiger partial charge in [0, 0.05) is 11.6 Å². The van der Waals surface area contributed by atoms with Gasteiger partial charge in [-0.15, -0.1) is 0 Å². The van der Waals surface area contributed by atoms with Crippen molar-refractivity contribution in [1.29, 1.82) is 0 Å². The van der Waals surface area contributed by atoms with Gasteiger partial charge in [-0.05, 0) is 31.0 Å². The number of methoxy groups -OCH3 is 1. The maximum atomic E-state index is 12.2. The van der Waals surface area contributed by atoms with E-state index in [0.29, 0.717) is 16.6 Å². The van der Waals surface area contributed by atoms with E-state index in [9.17, 15) is 9.59 Å². The molecule has 118 valence electrons. The Morgan fingerprint density at radius 1 is 1.32 bits per heavy atom. The van der Waals surface area contributed by atoms with Gasteiger partial charge in [0.2, 0.25) is 5.95 Å². The fourth-order valence-corrected chi connectivity index (χ4v) is 2.12. The molecule has 0 aliphatic carbocycles. The molecule has 2 amide bonds. The predicted octanol–water partition coefficient (Wildman–Crippen LogP) is 2.66. The minimum atomic E-state index is -0.606. The third kappa shape index (κ3) is 3.55. The Balaban J connectivity index is 2.19. The lowest BCUT2D eigenvalue weighted by atomic mass is 10.1. The number of fused-ring (bicyclic) bond motifs is 1. The van der Waals surface area contributed by atoms with Gasteiger partial charge >= 0.3 is 6.09 Å². The second kappa shape index (κ2) is 6.93. The molecule has 1 aromatic carbocycles. The van der Waals surface area contributed by atoms with Gasteiger partial charge in [0.1, 0.15) is 0 Å². The number of H-pyrrole nitrogens is 1. The van der Waals surface area contributed by atoms with Crippen molar-refractivity contribution in [3.05, 3.63) is 23.8 Å². The van der Waals surface area contributed by atoms with Crippen molar-refractivity contribution in [3.63, 3.8) is 0 Å². The minimum Gasteiger partial charge on any atom is -0.453 e. The van der Waals surface area contributed by atoms with Gasteiger partial charge in [-0.3, -0.25) is 10.1 Å². The molecule has 2 rings (SSSR count). The summed E-state index contributed by atoms with van der Waals surface area (Å²) in [4.78, 5) is 30.5. The standard InChI is InChI=1S/C15H20N4O3/c1-4-10(5-2)16-13(20)9-6-7-11-12(8-9)18-14(17-11)19-15(21)22-3/h6-8,10H,4-5H2,1-3H3,(H,16,20)(H2,17,18,19,21). The van der Waals surface area contributed by atoms with Crippen LogP contribution in [-0.2, 0) is 4.74 Å². The number of carbonyl (C=O) groups is 2. The first-order chi connectivity index (χ1) is 10.6. The van der Waals surface area contributed by atoms with E-state index in [0.717, 1.165) is 12.8 Å². The number of anilines is 1. The van der Waals surface area contributed by atoms with Crippen LogP contribution in [-0.4, -0.2) is 35.1 Å². The van der Waals surface area contributed by atoms with Crippen molar-refractivity contribution >= 4 is 29.0 Å². The lowest BCUT2D eigenvalue weighted by Crippen LogP contribution is -2.33. The second-order valence-corrected chi connectivity index (χ2v) is 4.92. The molecule has 0 saturated heterocycles. The van der Waals surface area contributed by atoms with Crippen molar-refractivity contribution in [2.45, 2.75) is 32.7 Å². The zero-order chi connectivity index (χ0) is 16.1. The molecule has 0 aliphatic heterocycles. The van der Waals surface area contributed by atoms with Gasteiger partial charge in [0.05, 0.1) is 18.1 Å². The van der Waals surface area contributed by atoms with Crippen LogP contribution in [0.5, 0.6) is 0 Å². The molecular weight excluding hydrogens is 284 g/mol. The van der Waals surface area contributed by atoms with Crippen LogP contribution in [0.1, 0.15) is 37.0 Å². The number of hydrogen-bond acceptors (Lipinski definition) is 4. The first-order valence-electron chi connectivity index (χ1n) is 7.23. The van der Waals surface area contributed by atoms with E-state index >= 15 is 0 Å². The molecule has 0 fully saturated rings. The summed E-state index contributed by atoms with van der Waals surface area (Å²) in [6, 6.07) is 5.32. The predicted molar refractivity (Wildman–Crippen MR) is 84.0 cm³/mol. The molecule has 7 nitrogen and oxygen atoms in total. The van der Waals surface area contributed by atoms with Crippen LogP contribution in [0.3, 0.4) is 0 Å². The largest absolute Gasteiger partial charge is 0.453 e. The Labute approximate surface area is 128 Å². The van der Waals surface area contributed by atoms with Crippen molar-refractivity contribution < 1.29 is 14.3 Å². The molecule has 0 atom stereocenters. The van der Waals surface area contributed by atoms with E-state index < -0.39 is 6.09 Å². The van der Waals surface area contributed by atoms with Crippen molar-refractivity contribution in [3.8, 4) is 0 Å². The van der Waals surface area contributed by atoms with Crippen molar-refractivity contribution in [2.75, 3.05) is 12.4 Å². The number of hydrogen-bond donors (Lipinski definition) is 3. The molecule has 22 heavy (non-hydrogen) atoms. The van der Waals surface area contributed by atoms with Crippen LogP contribution in [0, 0.1) is 0 Å². The van der Waals surface area contributed by atoms with E-state index in [2.05, 4.69) is 25.3 Å². The molecule has 0 bridgehead atoms. The van der Waals surface area contributed by atoms with Crippen LogP contribution in [0.25, 0.3) is 11.0 Å². The number of amides is 2. The monoisotopic (exact) mass is 304 g/mol. The van der Waals surface area contributed by atoms with Crippen LogP contribution < -0.4 is 10.6 Å². The molecule has 7 heteroatoms. The van der Waals surface area contributed by atoms with E-state index in [4.69, 9.17) is 0 Å². The fourth-order valence-electron chi connectivity index (χ4n) is 2.12. The number of ether oxygens (including phenoxy) is 1. The first-order valence-corrected chi connectivity index (χ1v) is 7.23. The second-order valence-electron chi connectivity index (χ2n) is 4.92. The van der Waals surface area contributed by atoms with E-state index in [1.54, 1.807) is 18.2 Å². The Morgan fingerprint density at radius 3 is 2.68 bits per heavy atom. The topological polar surface area (TPSA) is 96.1 Å². The number of carbonyl (C=O) groups excluding carboxylic acids is 2. The van der Waals surface area contributed by atoms with Gasteiger partial charge in [0.25, 0.3) is 5.91 Å². The molecular formula is C15H20N4O3. The number of nitrogens with one attached hydrogen (secondary N) is 3. The summed E-state index contributed by atoms with van der Waals surface area (Å²) in [5, 5.41) is 5.43. The summed E-state index contributed by atoms with van der Waals surface area (Å²) in [7, 11) is 1.28. The third-order valence-electron chi connectivity index (χ3n) is 3.47. The van der Waals surface area contributed by atoms with Crippen LogP contribution in [0.2, 0.25) is 0 Å². The summed E-state index contributed by atoms with van der Waals surface area (Å²) < 4.78 is 4.51. The smallest absolute Gasteiger partial charge is 0.413 e. The highest BCUT2D eigenvalue weighted by Gasteiger charge is 2.13. The lowest BCUT2D eigenvalue weighted by molar-refractivity contribution is 0.0935. The van der Waals surface area contributed by atoms with Gasteiger partial charge in [-0.1, -0.05) is 13.8 Å². The molecule has 1 aromatic heterocycles. The quantitative estimate of drug-likeness (QED) is 0.791. The highest BCUT2D eigenvalue weighted by Crippen LogP contribution is 2.16. The summed E-state index contributed by atoms with van der Waals surface area (Å²) in [5.74, 6) is 0.159. The molecule has 1 heterocycles. The maximum absolute atomic E-state index is 12.2. The minimum absolute atomic E-state index is 0.118. The number of imidazole rings is 1. The summed E-state index contributed by atoms with van der Waals surface area (Å²) in [5.41, 5.74) is 1.88. The Morgan fingerprint density at radius 2 is 2.05 bits per heavy atom. The van der Waals surface area contributed by atoms with Gasteiger partial charge in [-0.2, -0.15) is 0 Å². The zero-order valence-corrected chi connectivity index (χ0v) is 12.9. The molecule has 0 radical (unpaired) electrons. The van der Waals surface area contributed by atoms with Crippen molar-refractivity contribution in [1.82, 2.24) is 15.3 Å². The molecule has 2 aromatic rings. The zero-order valence-electron chi connectivity index (χ0n) is 12.9. The highest BCUT2D eigenvalue weighted by atomic mass is 16.5. The van der Waals surface area contributed by atoms with Crippen molar-refractivity contribution in [2.24, 2.45) is 0 Å². The number of rotatable bonds is 5. The van der Waals surface area contributed by atoms with Gasteiger partial charge in [0.15, 0.2) is 0 Å². The Kier molecular flexibility index (Phi) is 4.98. The SMILES string of the molecule is CCC(CC)NC(=O)c1ccc2nc(NC(=O)OC)[nH]c2c1. The molecule has 0 saturated carbocycles. The number of aromatic nitrogens is 2. The molecule has 0 aliphatic rings. The summed E-state index contributed by atoms with van der Waals surface area (Å²) in [6.07, 6.45) is 1.18. The fraction of sp³-hybridized carbons (Fsp3) is 0.400. The van der Waals surface area contributed by atoms with Gasteiger partial charge < -0.3 is 15.0 Å². The number of aromatic amines is 1. The average Bonchev–Trinajstić information content (AvgIpc) is 2.93. The van der Waals surface area contributed by atoms with E-state index in [1.807, 2.05) is 13.8 Å². The van der Waals surface area contributed by atoms with E-state index in [1.165, 1.54) is 7.11 Å². The molecule has 0 unspecified atom stereocenters. The molecule has 3 N–H and O–H groups in total. The first kappa shape index (κ1) is 15.8. The highest BCUT2D eigenvalue weighted by molar-refractivity contribution is 5.98. The summed E-state index contributed by atoms with van der Waals surface area (Å²) >= 11 is 0. The lowest BCUT2D eigenvalue weighted by Gasteiger charge is -2.14. The Hall–Kier alpha value is -2.57. The van der Waals surface area contributed by atoms with E-state index in [-0.39, 0.29) is 17.9 Å². The van der Waals surface area contributed by atoms with Gasteiger partial charge in [-0.25, -0.2) is 9.78 Å².